The summed E-state index contributed by atoms with van der Waals surface area (Å²) < 4.78 is 26.7. The topological polar surface area (TPSA) is 93.2 Å². The van der Waals surface area contributed by atoms with Gasteiger partial charge in [-0.1, -0.05) is 6.07 Å². The van der Waals surface area contributed by atoms with Crippen LogP contribution in [0.25, 0.3) is 0 Å². The Balaban J connectivity index is 1.99. The van der Waals surface area contributed by atoms with Crippen molar-refractivity contribution in [1.82, 2.24) is 4.98 Å². The molecular formula is C17H23NO7. The van der Waals surface area contributed by atoms with Crippen molar-refractivity contribution in [2.24, 2.45) is 0 Å². The fourth-order valence-electron chi connectivity index (χ4n) is 2.17. The molecule has 0 amide bonds. The summed E-state index contributed by atoms with van der Waals surface area (Å²) in [6.07, 6.45) is -0.242. The first-order valence-electron chi connectivity index (χ1n) is 8.18. The summed E-state index contributed by atoms with van der Waals surface area (Å²) in [7, 11) is 0. The number of rotatable bonds is 0. The van der Waals surface area contributed by atoms with E-state index in [1.165, 1.54) is 12.1 Å². The molecule has 8 heteroatoms. The Morgan fingerprint density at radius 2 is 1.32 bits per heavy atom. The minimum atomic E-state index is -0.624. The van der Waals surface area contributed by atoms with Gasteiger partial charge in [0, 0.05) is 0 Å². The smallest absolute Gasteiger partial charge is 0.357 e. The van der Waals surface area contributed by atoms with Crippen LogP contribution >= 0.6 is 0 Å². The molecule has 0 saturated carbocycles. The second kappa shape index (κ2) is 10.1. The van der Waals surface area contributed by atoms with Crippen molar-refractivity contribution in [1.29, 1.82) is 0 Å². The Labute approximate surface area is 146 Å². The minimum Gasteiger partial charge on any atom is -0.459 e. The number of cyclic esters (lactones) is 2. The molecule has 2 bridgehead atoms. The summed E-state index contributed by atoms with van der Waals surface area (Å²) in [6.45, 7) is 5.19. The van der Waals surface area contributed by atoms with Crippen LogP contribution in [0.3, 0.4) is 0 Å². The lowest BCUT2D eigenvalue weighted by molar-refractivity contribution is -0.0767. The molecule has 2 rings (SSSR count). The molecule has 0 aliphatic carbocycles. The number of esters is 2. The Morgan fingerprint density at radius 1 is 0.840 bits per heavy atom. The number of ether oxygens (including phenoxy) is 5. The van der Waals surface area contributed by atoms with Crippen LogP contribution in [0.2, 0.25) is 0 Å². The maximum absolute atomic E-state index is 11.9. The molecule has 2 heterocycles. The lowest BCUT2D eigenvalue weighted by Gasteiger charge is -2.19. The molecule has 1 aliphatic heterocycles. The number of nitrogens with zero attached hydrogens (tertiary/aromatic N) is 1. The summed E-state index contributed by atoms with van der Waals surface area (Å²) >= 11 is 0. The predicted molar refractivity (Wildman–Crippen MR) is 86.4 cm³/mol. The summed E-state index contributed by atoms with van der Waals surface area (Å²) in [6, 6.07) is 4.49. The van der Waals surface area contributed by atoms with E-state index in [1.807, 2.05) is 13.8 Å². The van der Waals surface area contributed by atoms with Crippen LogP contribution in [0.5, 0.6) is 0 Å². The largest absolute Gasteiger partial charge is 0.459 e. The minimum absolute atomic E-state index is 0.0392. The van der Waals surface area contributed by atoms with Gasteiger partial charge in [-0.15, -0.1) is 0 Å². The first-order valence-corrected chi connectivity index (χ1v) is 8.18. The maximum Gasteiger partial charge on any atom is 0.357 e. The third kappa shape index (κ3) is 6.77. The molecule has 138 valence electrons. The monoisotopic (exact) mass is 353 g/mol. The number of hydrogen-bond acceptors (Lipinski definition) is 8. The molecule has 0 radical (unpaired) electrons. The van der Waals surface area contributed by atoms with E-state index < -0.39 is 11.9 Å². The van der Waals surface area contributed by atoms with E-state index in [-0.39, 0.29) is 50.0 Å². The van der Waals surface area contributed by atoms with Crippen molar-refractivity contribution in [2.45, 2.75) is 26.1 Å². The quantitative estimate of drug-likeness (QED) is 0.643. The molecule has 1 aromatic heterocycles. The van der Waals surface area contributed by atoms with Gasteiger partial charge in [0.2, 0.25) is 0 Å². The zero-order valence-electron chi connectivity index (χ0n) is 14.4. The highest BCUT2D eigenvalue weighted by Crippen LogP contribution is 2.05. The van der Waals surface area contributed by atoms with E-state index in [2.05, 4.69) is 4.98 Å². The molecular weight excluding hydrogens is 330 g/mol. The van der Waals surface area contributed by atoms with E-state index >= 15 is 0 Å². The highest BCUT2D eigenvalue weighted by molar-refractivity contribution is 5.91. The van der Waals surface area contributed by atoms with Gasteiger partial charge in [-0.25, -0.2) is 14.6 Å². The highest BCUT2D eigenvalue weighted by atomic mass is 16.6. The number of pyridine rings is 1. The molecule has 0 saturated heterocycles. The Hall–Kier alpha value is -2.03. The Morgan fingerprint density at radius 3 is 1.80 bits per heavy atom. The number of carbonyl (C=O) groups excluding carboxylic acids is 2. The molecule has 25 heavy (non-hydrogen) atoms. The normalized spacial score (nSPS) is 24.6. The van der Waals surface area contributed by atoms with Gasteiger partial charge in [-0.3, -0.25) is 0 Å². The maximum atomic E-state index is 11.9. The lowest BCUT2D eigenvalue weighted by atomic mass is 10.3. The molecule has 8 nitrogen and oxygen atoms in total. The van der Waals surface area contributed by atoms with Gasteiger partial charge in [0.25, 0.3) is 0 Å². The van der Waals surface area contributed by atoms with E-state index in [9.17, 15) is 9.59 Å². The van der Waals surface area contributed by atoms with Crippen LogP contribution in [-0.2, 0) is 23.7 Å². The average molecular weight is 353 g/mol. The second-order valence-electron chi connectivity index (χ2n) is 5.59. The van der Waals surface area contributed by atoms with Gasteiger partial charge in [-0.2, -0.15) is 0 Å². The third-order valence-electron chi connectivity index (χ3n) is 3.26. The third-order valence-corrected chi connectivity index (χ3v) is 3.26. The molecule has 0 spiro atoms. The van der Waals surface area contributed by atoms with Gasteiger partial charge in [0.05, 0.1) is 38.6 Å². The first kappa shape index (κ1) is 19.3. The van der Waals surface area contributed by atoms with Crippen molar-refractivity contribution in [3.8, 4) is 0 Å². The molecule has 1 aromatic rings. The predicted octanol–water partition coefficient (Wildman–Crippen LogP) is 1.24. The van der Waals surface area contributed by atoms with Gasteiger partial charge in [0.15, 0.2) is 0 Å². The summed E-state index contributed by atoms with van der Waals surface area (Å²) in [5.74, 6) is -1.25. The van der Waals surface area contributed by atoms with Crippen molar-refractivity contribution in [3.63, 3.8) is 0 Å². The summed E-state index contributed by atoms with van der Waals surface area (Å²) in [4.78, 5) is 27.9. The standard InChI is InChI=1S/C17H23NO7/c1-12-10-21-6-8-23-16(19)14-4-3-5-15(18-14)17(20)24-9-7-22-11-13(2)25-12/h3-5,12-13H,6-11H2,1-2H3/t12-,13+. The van der Waals surface area contributed by atoms with Crippen molar-refractivity contribution in [3.05, 3.63) is 29.6 Å². The lowest BCUT2D eigenvalue weighted by Crippen LogP contribution is -2.27. The van der Waals surface area contributed by atoms with Crippen LogP contribution in [-0.4, -0.2) is 68.8 Å². The fraction of sp³-hybridized carbons (Fsp3) is 0.588. The van der Waals surface area contributed by atoms with Gasteiger partial charge in [-0.05, 0) is 26.0 Å². The number of hydrogen-bond donors (Lipinski definition) is 0. The fourth-order valence-corrected chi connectivity index (χ4v) is 2.17. The summed E-state index contributed by atoms with van der Waals surface area (Å²) in [5.41, 5.74) is 0.0784. The first-order chi connectivity index (χ1) is 12.1. The van der Waals surface area contributed by atoms with Crippen LogP contribution in [0, 0.1) is 0 Å². The van der Waals surface area contributed by atoms with E-state index in [1.54, 1.807) is 6.07 Å². The average Bonchev–Trinajstić information content (AvgIpc) is 2.60. The zero-order valence-corrected chi connectivity index (χ0v) is 14.4. The number of aromatic nitrogens is 1. The molecule has 0 fully saturated rings. The van der Waals surface area contributed by atoms with Crippen molar-refractivity contribution in [2.75, 3.05) is 39.6 Å². The Bertz CT molecular complexity index is 533. The van der Waals surface area contributed by atoms with Crippen LogP contribution in [0.4, 0.5) is 0 Å². The van der Waals surface area contributed by atoms with Crippen LogP contribution < -0.4 is 0 Å². The summed E-state index contributed by atoms with van der Waals surface area (Å²) in [5, 5.41) is 0. The molecule has 1 aliphatic rings. The molecule has 0 N–H and O–H groups in total. The van der Waals surface area contributed by atoms with Gasteiger partial charge in [0.1, 0.15) is 24.6 Å². The SMILES string of the molecule is C[C@@H]1COCCOC(=O)c2cccc(n2)C(=O)OCCOC[C@H](C)O1. The molecule has 2 atom stereocenters. The van der Waals surface area contributed by atoms with E-state index in [0.29, 0.717) is 13.2 Å². The number of fused-ring (bicyclic) bond motifs is 2. The highest BCUT2D eigenvalue weighted by Gasteiger charge is 2.15. The molecule has 0 unspecified atom stereocenters. The van der Waals surface area contributed by atoms with E-state index in [4.69, 9.17) is 23.7 Å². The van der Waals surface area contributed by atoms with Crippen molar-refractivity contribution < 1.29 is 33.3 Å². The van der Waals surface area contributed by atoms with Gasteiger partial charge >= 0.3 is 11.9 Å². The molecule has 0 aromatic carbocycles. The van der Waals surface area contributed by atoms with Crippen LogP contribution in [0.1, 0.15) is 34.8 Å². The van der Waals surface area contributed by atoms with Crippen LogP contribution in [0.15, 0.2) is 18.2 Å². The Kier molecular flexibility index (Phi) is 7.77. The van der Waals surface area contributed by atoms with E-state index in [0.717, 1.165) is 0 Å². The van der Waals surface area contributed by atoms with Gasteiger partial charge < -0.3 is 23.7 Å². The van der Waals surface area contributed by atoms with Crippen molar-refractivity contribution >= 4 is 11.9 Å². The zero-order chi connectivity index (χ0) is 18.1. The number of carbonyl (C=O) groups is 2. The second-order valence-corrected chi connectivity index (χ2v) is 5.59.